The number of carbonyl (C=O) groups excluding carboxylic acids is 1. The Labute approximate surface area is 125 Å². The van der Waals surface area contributed by atoms with Gasteiger partial charge in [0.25, 0.3) is 5.91 Å². The number of carbonyl (C=O) groups is 2. The molecule has 1 amide bonds. The summed E-state index contributed by atoms with van der Waals surface area (Å²) in [6, 6.07) is 8.09. The van der Waals surface area contributed by atoms with Crippen molar-refractivity contribution in [1.82, 2.24) is 5.32 Å². The standard InChI is InChI=1S/C16H23NO4/c1-11(2)9-10-14(16(19)20)17-15(18)12(3)21-13-7-5-4-6-8-13/h4-8,11-12,14H,9-10H2,1-3H3,(H,17,18)(H,19,20)/t12-,14+/m1/s1. The van der Waals surface area contributed by atoms with Gasteiger partial charge in [-0.15, -0.1) is 0 Å². The molecule has 0 heterocycles. The second kappa shape index (κ2) is 8.29. The minimum atomic E-state index is -1.02. The van der Waals surface area contributed by atoms with E-state index in [0.717, 1.165) is 6.42 Å². The topological polar surface area (TPSA) is 75.6 Å². The van der Waals surface area contributed by atoms with Gasteiger partial charge in [0.2, 0.25) is 0 Å². The number of aliphatic carboxylic acids is 1. The number of nitrogens with one attached hydrogen (secondary N) is 1. The van der Waals surface area contributed by atoms with Crippen LogP contribution in [0.2, 0.25) is 0 Å². The number of rotatable bonds is 8. The minimum Gasteiger partial charge on any atom is -0.481 e. The van der Waals surface area contributed by atoms with Gasteiger partial charge in [-0.25, -0.2) is 4.79 Å². The van der Waals surface area contributed by atoms with Crippen molar-refractivity contribution in [1.29, 1.82) is 0 Å². The highest BCUT2D eigenvalue weighted by Crippen LogP contribution is 2.12. The van der Waals surface area contributed by atoms with Gasteiger partial charge in [-0.3, -0.25) is 4.79 Å². The molecule has 0 aromatic heterocycles. The smallest absolute Gasteiger partial charge is 0.326 e. The van der Waals surface area contributed by atoms with Gasteiger partial charge < -0.3 is 15.2 Å². The molecule has 0 fully saturated rings. The van der Waals surface area contributed by atoms with Gasteiger partial charge in [0, 0.05) is 0 Å². The summed E-state index contributed by atoms with van der Waals surface area (Å²) in [5.74, 6) is -0.470. The lowest BCUT2D eigenvalue weighted by molar-refractivity contribution is -0.143. The first-order chi connectivity index (χ1) is 9.90. The molecule has 116 valence electrons. The van der Waals surface area contributed by atoms with Crippen molar-refractivity contribution < 1.29 is 19.4 Å². The van der Waals surface area contributed by atoms with E-state index in [-0.39, 0.29) is 0 Å². The number of carboxylic acids is 1. The molecule has 21 heavy (non-hydrogen) atoms. The zero-order chi connectivity index (χ0) is 15.8. The summed E-state index contributed by atoms with van der Waals surface area (Å²) in [5.41, 5.74) is 0. The number of para-hydroxylation sites is 1. The largest absolute Gasteiger partial charge is 0.481 e. The minimum absolute atomic E-state index is 0.391. The maximum Gasteiger partial charge on any atom is 0.326 e. The molecule has 2 N–H and O–H groups in total. The fourth-order valence-electron chi connectivity index (χ4n) is 1.80. The van der Waals surface area contributed by atoms with E-state index in [1.54, 1.807) is 19.1 Å². The summed E-state index contributed by atoms with van der Waals surface area (Å²) >= 11 is 0. The Morgan fingerprint density at radius 2 is 1.76 bits per heavy atom. The lowest BCUT2D eigenvalue weighted by Crippen LogP contribution is -2.46. The first-order valence-corrected chi connectivity index (χ1v) is 7.15. The van der Waals surface area contributed by atoms with Crippen LogP contribution in [0.3, 0.4) is 0 Å². The zero-order valence-electron chi connectivity index (χ0n) is 12.7. The second-order valence-electron chi connectivity index (χ2n) is 5.44. The summed E-state index contributed by atoms with van der Waals surface area (Å²) in [6.45, 7) is 5.63. The molecule has 0 bridgehead atoms. The molecule has 1 aromatic carbocycles. The Hall–Kier alpha value is -2.04. The van der Waals surface area contributed by atoms with Crippen LogP contribution in [0.4, 0.5) is 0 Å². The first kappa shape index (κ1) is 17.0. The molecule has 0 aliphatic rings. The molecule has 5 nitrogen and oxygen atoms in total. The van der Waals surface area contributed by atoms with E-state index in [4.69, 9.17) is 9.84 Å². The molecule has 0 spiro atoms. The lowest BCUT2D eigenvalue weighted by atomic mass is 10.0. The number of hydrogen-bond donors (Lipinski definition) is 2. The van der Waals surface area contributed by atoms with Gasteiger partial charge >= 0.3 is 5.97 Å². The van der Waals surface area contributed by atoms with E-state index in [2.05, 4.69) is 5.32 Å². The summed E-state index contributed by atoms with van der Waals surface area (Å²) in [7, 11) is 0. The third-order valence-electron chi connectivity index (χ3n) is 3.07. The Balaban J connectivity index is 2.54. The molecule has 0 saturated carbocycles. The Morgan fingerprint density at radius 1 is 1.14 bits per heavy atom. The molecule has 0 radical (unpaired) electrons. The van der Waals surface area contributed by atoms with Gasteiger partial charge in [-0.2, -0.15) is 0 Å². The maximum absolute atomic E-state index is 12.0. The molecule has 0 unspecified atom stereocenters. The van der Waals surface area contributed by atoms with Crippen LogP contribution in [0.1, 0.15) is 33.6 Å². The molecule has 1 aromatic rings. The SMILES string of the molecule is CC(C)CC[C@H](NC(=O)[C@@H](C)Oc1ccccc1)C(=O)O. The van der Waals surface area contributed by atoms with E-state index in [0.29, 0.717) is 18.1 Å². The van der Waals surface area contributed by atoms with Crippen LogP contribution >= 0.6 is 0 Å². The number of hydrogen-bond acceptors (Lipinski definition) is 3. The van der Waals surface area contributed by atoms with Gasteiger partial charge in [0.05, 0.1) is 0 Å². The summed E-state index contributed by atoms with van der Waals surface area (Å²) in [4.78, 5) is 23.2. The number of carboxylic acid groups (broad SMARTS) is 1. The highest BCUT2D eigenvalue weighted by molar-refractivity contribution is 5.86. The van der Waals surface area contributed by atoms with Crippen LogP contribution in [-0.2, 0) is 9.59 Å². The van der Waals surface area contributed by atoms with Crippen LogP contribution in [0, 0.1) is 5.92 Å². The average Bonchev–Trinajstić information content (AvgIpc) is 2.43. The van der Waals surface area contributed by atoms with Crippen LogP contribution < -0.4 is 10.1 Å². The monoisotopic (exact) mass is 293 g/mol. The van der Waals surface area contributed by atoms with Crippen LogP contribution in [0.5, 0.6) is 5.75 Å². The maximum atomic E-state index is 12.0. The van der Waals surface area contributed by atoms with Gasteiger partial charge in [0.1, 0.15) is 11.8 Å². The molecular formula is C16H23NO4. The first-order valence-electron chi connectivity index (χ1n) is 7.15. The molecule has 1 rings (SSSR count). The molecule has 5 heteroatoms. The van der Waals surface area contributed by atoms with Crippen molar-refractivity contribution in [2.24, 2.45) is 5.92 Å². The highest BCUT2D eigenvalue weighted by Gasteiger charge is 2.23. The predicted octanol–water partition coefficient (Wildman–Crippen LogP) is 2.46. The Morgan fingerprint density at radius 3 is 2.29 bits per heavy atom. The fourth-order valence-corrected chi connectivity index (χ4v) is 1.80. The zero-order valence-corrected chi connectivity index (χ0v) is 12.7. The summed E-state index contributed by atoms with van der Waals surface area (Å²) < 4.78 is 5.48. The van der Waals surface area contributed by atoms with Crippen LogP contribution in [-0.4, -0.2) is 29.1 Å². The predicted molar refractivity (Wildman–Crippen MR) is 80.2 cm³/mol. The Bertz CT molecular complexity index is 459. The molecular weight excluding hydrogens is 270 g/mol. The van der Waals surface area contributed by atoms with Crippen molar-refractivity contribution >= 4 is 11.9 Å². The van der Waals surface area contributed by atoms with E-state index in [1.165, 1.54) is 0 Å². The van der Waals surface area contributed by atoms with Crippen LogP contribution in [0.25, 0.3) is 0 Å². The number of benzene rings is 1. The third kappa shape index (κ3) is 6.29. The summed E-state index contributed by atoms with van der Waals surface area (Å²) in [5, 5.41) is 11.7. The molecule has 2 atom stereocenters. The quantitative estimate of drug-likeness (QED) is 0.772. The van der Waals surface area contributed by atoms with Crippen molar-refractivity contribution in [3.8, 4) is 5.75 Å². The molecule has 0 aliphatic heterocycles. The number of ether oxygens (including phenoxy) is 1. The van der Waals surface area contributed by atoms with E-state index in [1.807, 2.05) is 32.0 Å². The highest BCUT2D eigenvalue weighted by atomic mass is 16.5. The van der Waals surface area contributed by atoms with E-state index in [9.17, 15) is 9.59 Å². The van der Waals surface area contributed by atoms with Crippen molar-refractivity contribution in [3.63, 3.8) is 0 Å². The summed E-state index contributed by atoms with van der Waals surface area (Å²) in [6.07, 6.45) is 0.412. The average molecular weight is 293 g/mol. The van der Waals surface area contributed by atoms with E-state index >= 15 is 0 Å². The third-order valence-corrected chi connectivity index (χ3v) is 3.07. The van der Waals surface area contributed by atoms with E-state index < -0.39 is 24.0 Å². The van der Waals surface area contributed by atoms with Crippen molar-refractivity contribution in [2.75, 3.05) is 0 Å². The van der Waals surface area contributed by atoms with Crippen LogP contribution in [0.15, 0.2) is 30.3 Å². The van der Waals surface area contributed by atoms with Crippen molar-refractivity contribution in [3.05, 3.63) is 30.3 Å². The molecule has 0 aliphatic carbocycles. The fraction of sp³-hybridized carbons (Fsp3) is 0.500. The number of amides is 1. The molecule has 0 saturated heterocycles. The van der Waals surface area contributed by atoms with Gasteiger partial charge in [-0.05, 0) is 37.8 Å². The van der Waals surface area contributed by atoms with Gasteiger partial charge in [0.15, 0.2) is 6.10 Å². The Kier molecular flexibility index (Phi) is 6.72. The lowest BCUT2D eigenvalue weighted by Gasteiger charge is -2.19. The normalized spacial score (nSPS) is 13.5. The second-order valence-corrected chi connectivity index (χ2v) is 5.44. The van der Waals surface area contributed by atoms with Gasteiger partial charge in [-0.1, -0.05) is 32.0 Å². The van der Waals surface area contributed by atoms with Crippen molar-refractivity contribution in [2.45, 2.75) is 45.8 Å².